The Morgan fingerprint density at radius 2 is 1.90 bits per heavy atom. The summed E-state index contributed by atoms with van der Waals surface area (Å²) in [4.78, 5) is 11.5. The first-order chi connectivity index (χ1) is 10.1. The molecule has 2 N–H and O–H groups in total. The lowest BCUT2D eigenvalue weighted by atomic mass is 10.2. The van der Waals surface area contributed by atoms with Crippen molar-refractivity contribution in [1.82, 2.24) is 0 Å². The van der Waals surface area contributed by atoms with Crippen molar-refractivity contribution in [3.63, 3.8) is 0 Å². The number of ether oxygens (including phenoxy) is 2. The smallest absolute Gasteiger partial charge is 0.309 e. The number of esters is 1. The van der Waals surface area contributed by atoms with Crippen LogP contribution in [0.3, 0.4) is 0 Å². The first kappa shape index (κ1) is 14.8. The van der Waals surface area contributed by atoms with Crippen LogP contribution in [0.25, 0.3) is 0 Å². The third kappa shape index (κ3) is 5.14. The second-order valence-corrected chi connectivity index (χ2v) is 4.46. The Kier molecular flexibility index (Phi) is 5.15. The average Bonchev–Trinajstić information content (AvgIpc) is 2.47. The van der Waals surface area contributed by atoms with E-state index in [4.69, 9.17) is 15.2 Å². The minimum Gasteiger partial charge on any atom is -0.493 e. The number of rotatable bonds is 6. The predicted molar refractivity (Wildman–Crippen MR) is 77.2 cm³/mol. The predicted octanol–water partition coefficient (Wildman–Crippen LogP) is 2.92. The first-order valence-electron chi connectivity index (χ1n) is 6.52. The molecule has 0 saturated heterocycles. The Hall–Kier alpha value is -2.56. The van der Waals surface area contributed by atoms with Crippen LogP contribution >= 0.6 is 0 Å². The summed E-state index contributed by atoms with van der Waals surface area (Å²) >= 11 is 0. The molecule has 0 spiro atoms. The van der Waals surface area contributed by atoms with Crippen LogP contribution in [0.2, 0.25) is 0 Å². The Labute approximate surface area is 122 Å². The van der Waals surface area contributed by atoms with Gasteiger partial charge in [0.25, 0.3) is 0 Å². The number of nitrogen functional groups attached to an aromatic ring is 1. The maximum absolute atomic E-state index is 12.7. The summed E-state index contributed by atoms with van der Waals surface area (Å²) in [7, 11) is 0. The Bertz CT molecular complexity index is 599. The molecule has 0 aliphatic heterocycles. The van der Waals surface area contributed by atoms with Crippen molar-refractivity contribution in [3.05, 3.63) is 59.9 Å². The molecule has 0 amide bonds. The van der Waals surface area contributed by atoms with Crippen LogP contribution in [-0.2, 0) is 16.1 Å². The molecule has 0 unspecified atom stereocenters. The highest BCUT2D eigenvalue weighted by Gasteiger charge is 2.04. The Balaban J connectivity index is 1.69. The molecule has 0 aliphatic carbocycles. The van der Waals surface area contributed by atoms with Crippen LogP contribution in [0.15, 0.2) is 48.5 Å². The number of hydrogen-bond acceptors (Lipinski definition) is 4. The fraction of sp³-hybridized carbons (Fsp3) is 0.188. The summed E-state index contributed by atoms with van der Waals surface area (Å²) in [6, 6.07) is 12.8. The number of hydrogen-bond donors (Lipinski definition) is 1. The number of halogens is 1. The fourth-order valence-corrected chi connectivity index (χ4v) is 1.67. The lowest BCUT2D eigenvalue weighted by molar-refractivity contribution is -0.145. The van der Waals surface area contributed by atoms with Crippen LogP contribution in [0.4, 0.5) is 10.1 Å². The van der Waals surface area contributed by atoms with Gasteiger partial charge in [0, 0.05) is 11.8 Å². The normalized spacial score (nSPS) is 10.1. The lowest BCUT2D eigenvalue weighted by Crippen LogP contribution is -2.10. The van der Waals surface area contributed by atoms with Gasteiger partial charge in [0.05, 0.1) is 13.0 Å². The zero-order valence-electron chi connectivity index (χ0n) is 11.4. The first-order valence-corrected chi connectivity index (χ1v) is 6.52. The molecule has 0 bridgehead atoms. The van der Waals surface area contributed by atoms with Gasteiger partial charge in [-0.1, -0.05) is 18.2 Å². The minimum atomic E-state index is -0.372. The van der Waals surface area contributed by atoms with Gasteiger partial charge in [-0.05, 0) is 29.8 Å². The van der Waals surface area contributed by atoms with Gasteiger partial charge in [0.15, 0.2) is 0 Å². The zero-order valence-corrected chi connectivity index (χ0v) is 11.4. The molecule has 0 saturated carbocycles. The van der Waals surface area contributed by atoms with Gasteiger partial charge in [-0.25, -0.2) is 4.39 Å². The molecule has 5 heteroatoms. The summed E-state index contributed by atoms with van der Waals surface area (Å²) in [5.74, 6) is -0.0785. The fourth-order valence-electron chi connectivity index (χ4n) is 1.67. The largest absolute Gasteiger partial charge is 0.493 e. The number of carbonyl (C=O) groups excluding carboxylic acids is 1. The molecule has 21 heavy (non-hydrogen) atoms. The third-order valence-corrected chi connectivity index (χ3v) is 2.75. The van der Waals surface area contributed by atoms with E-state index < -0.39 is 0 Å². The van der Waals surface area contributed by atoms with E-state index in [9.17, 15) is 9.18 Å². The summed E-state index contributed by atoms with van der Waals surface area (Å²) in [6.45, 7) is 0.336. The van der Waals surface area contributed by atoms with E-state index in [1.807, 2.05) is 0 Å². The van der Waals surface area contributed by atoms with E-state index in [0.717, 1.165) is 5.56 Å². The van der Waals surface area contributed by atoms with Crippen molar-refractivity contribution in [3.8, 4) is 5.75 Å². The van der Waals surface area contributed by atoms with Gasteiger partial charge in [-0.15, -0.1) is 0 Å². The highest BCUT2D eigenvalue weighted by Crippen LogP contribution is 2.14. The van der Waals surface area contributed by atoms with E-state index in [-0.39, 0.29) is 31.4 Å². The third-order valence-electron chi connectivity index (χ3n) is 2.75. The van der Waals surface area contributed by atoms with Crippen molar-refractivity contribution in [2.24, 2.45) is 0 Å². The van der Waals surface area contributed by atoms with E-state index in [1.54, 1.807) is 36.4 Å². The standard InChI is InChI=1S/C16H16FNO3/c17-13-6-4-12(5-7-13)11-21-16(19)8-9-20-15-3-1-2-14(18)10-15/h1-7,10H,8-9,11,18H2. The zero-order chi connectivity index (χ0) is 15.1. The van der Waals surface area contributed by atoms with E-state index in [0.29, 0.717) is 11.4 Å². The monoisotopic (exact) mass is 289 g/mol. The van der Waals surface area contributed by atoms with E-state index >= 15 is 0 Å². The van der Waals surface area contributed by atoms with Crippen LogP contribution in [0, 0.1) is 5.82 Å². The number of nitrogens with two attached hydrogens (primary N) is 1. The summed E-state index contributed by atoms with van der Waals surface area (Å²) in [5, 5.41) is 0. The van der Waals surface area contributed by atoms with E-state index in [1.165, 1.54) is 12.1 Å². The maximum atomic E-state index is 12.7. The molecule has 0 aliphatic rings. The van der Waals surface area contributed by atoms with Crippen LogP contribution in [0.1, 0.15) is 12.0 Å². The summed E-state index contributed by atoms with van der Waals surface area (Å²) in [5.41, 5.74) is 6.96. The number of benzene rings is 2. The molecule has 2 aromatic carbocycles. The van der Waals surface area contributed by atoms with Gasteiger partial charge in [-0.3, -0.25) is 4.79 Å². The topological polar surface area (TPSA) is 61.5 Å². The molecular formula is C16H16FNO3. The quantitative estimate of drug-likeness (QED) is 0.656. The Morgan fingerprint density at radius 1 is 1.14 bits per heavy atom. The van der Waals surface area contributed by atoms with E-state index in [2.05, 4.69) is 0 Å². The lowest BCUT2D eigenvalue weighted by Gasteiger charge is -2.07. The molecule has 0 fully saturated rings. The molecule has 0 heterocycles. The second kappa shape index (κ2) is 7.28. The molecule has 0 atom stereocenters. The average molecular weight is 289 g/mol. The molecule has 110 valence electrons. The highest BCUT2D eigenvalue weighted by atomic mass is 19.1. The van der Waals surface area contributed by atoms with Gasteiger partial charge in [-0.2, -0.15) is 0 Å². The van der Waals surface area contributed by atoms with Crippen molar-refractivity contribution in [1.29, 1.82) is 0 Å². The summed E-state index contributed by atoms with van der Waals surface area (Å²) in [6.07, 6.45) is 0.135. The maximum Gasteiger partial charge on any atom is 0.309 e. The van der Waals surface area contributed by atoms with Crippen LogP contribution in [0.5, 0.6) is 5.75 Å². The van der Waals surface area contributed by atoms with Crippen LogP contribution < -0.4 is 10.5 Å². The van der Waals surface area contributed by atoms with Crippen LogP contribution in [-0.4, -0.2) is 12.6 Å². The molecule has 4 nitrogen and oxygen atoms in total. The summed E-state index contributed by atoms with van der Waals surface area (Å²) < 4.78 is 23.2. The molecule has 2 aromatic rings. The molecule has 2 rings (SSSR count). The molecule has 0 radical (unpaired) electrons. The van der Waals surface area contributed by atoms with Crippen molar-refractivity contribution >= 4 is 11.7 Å². The van der Waals surface area contributed by atoms with Gasteiger partial charge in [0.2, 0.25) is 0 Å². The Morgan fingerprint density at radius 3 is 2.62 bits per heavy atom. The van der Waals surface area contributed by atoms with Gasteiger partial charge in [0.1, 0.15) is 18.2 Å². The second-order valence-electron chi connectivity index (χ2n) is 4.46. The highest BCUT2D eigenvalue weighted by molar-refractivity contribution is 5.69. The van der Waals surface area contributed by atoms with Crippen molar-refractivity contribution in [2.75, 3.05) is 12.3 Å². The van der Waals surface area contributed by atoms with Gasteiger partial charge >= 0.3 is 5.97 Å². The van der Waals surface area contributed by atoms with Crippen molar-refractivity contribution < 1.29 is 18.7 Å². The number of anilines is 1. The minimum absolute atomic E-state index is 0.122. The van der Waals surface area contributed by atoms with Crippen molar-refractivity contribution in [2.45, 2.75) is 13.0 Å². The number of carbonyl (C=O) groups is 1. The van der Waals surface area contributed by atoms with Gasteiger partial charge < -0.3 is 15.2 Å². The molecular weight excluding hydrogens is 273 g/mol. The SMILES string of the molecule is Nc1cccc(OCCC(=O)OCc2ccc(F)cc2)c1. The molecule has 0 aromatic heterocycles.